The molecule has 0 unspecified atom stereocenters. The molecule has 6 nitrogen and oxygen atoms in total. The molecule has 0 radical (unpaired) electrons. The molecule has 0 atom stereocenters. The van der Waals surface area contributed by atoms with E-state index in [1.54, 1.807) is 32.4 Å². The molecule has 7 heteroatoms. The molecule has 0 amide bonds. The van der Waals surface area contributed by atoms with Gasteiger partial charge >= 0.3 is 0 Å². The summed E-state index contributed by atoms with van der Waals surface area (Å²) in [5.74, 6) is 2.02. The van der Waals surface area contributed by atoms with Crippen LogP contribution < -0.4 is 14.2 Å². The summed E-state index contributed by atoms with van der Waals surface area (Å²) in [5.41, 5.74) is 6.03. The molecule has 4 rings (SSSR count). The Labute approximate surface area is 238 Å². The summed E-state index contributed by atoms with van der Waals surface area (Å²) in [7, 11) is -0.606. The molecule has 0 spiro atoms. The van der Waals surface area contributed by atoms with E-state index in [1.807, 2.05) is 75.4 Å². The minimum atomic E-state index is -3.75. The van der Waals surface area contributed by atoms with Crippen molar-refractivity contribution < 1.29 is 22.6 Å². The SMILES string of the molecule is COc1ccc(CN(CCc2cc(C)c(OCc3ccccc3)c(C)c2)S(=O)(=O)c2ccc(C)cc2)cc1OC. The Morgan fingerprint density at radius 1 is 0.700 bits per heavy atom. The number of ether oxygens (including phenoxy) is 3. The van der Waals surface area contributed by atoms with Crippen molar-refractivity contribution in [1.29, 1.82) is 0 Å². The third-order valence-corrected chi connectivity index (χ3v) is 8.72. The van der Waals surface area contributed by atoms with Crippen LogP contribution in [-0.2, 0) is 29.6 Å². The Balaban J connectivity index is 1.57. The lowest BCUT2D eigenvalue weighted by molar-refractivity contribution is 0.302. The van der Waals surface area contributed by atoms with Crippen molar-refractivity contribution in [2.45, 2.75) is 45.2 Å². The molecule has 0 bridgehead atoms. The van der Waals surface area contributed by atoms with Gasteiger partial charge in [0.2, 0.25) is 10.0 Å². The molecule has 0 heterocycles. The number of methoxy groups -OCH3 is 2. The number of sulfonamides is 1. The lowest BCUT2D eigenvalue weighted by atomic mass is 10.0. The predicted octanol–water partition coefficient (Wildman–Crippen LogP) is 6.64. The highest BCUT2D eigenvalue weighted by atomic mass is 32.2. The molecule has 0 aliphatic rings. The van der Waals surface area contributed by atoms with E-state index in [2.05, 4.69) is 12.1 Å². The van der Waals surface area contributed by atoms with Crippen molar-refractivity contribution in [2.24, 2.45) is 0 Å². The summed E-state index contributed by atoms with van der Waals surface area (Å²) >= 11 is 0. The van der Waals surface area contributed by atoms with Gasteiger partial charge < -0.3 is 14.2 Å². The third kappa shape index (κ3) is 7.03. The minimum Gasteiger partial charge on any atom is -0.493 e. The average Bonchev–Trinajstić information content (AvgIpc) is 2.95. The normalized spacial score (nSPS) is 11.4. The lowest BCUT2D eigenvalue weighted by Crippen LogP contribution is -2.32. The molecule has 0 saturated carbocycles. The average molecular weight is 560 g/mol. The van der Waals surface area contributed by atoms with Crippen LogP contribution >= 0.6 is 0 Å². The molecular weight excluding hydrogens is 522 g/mol. The van der Waals surface area contributed by atoms with E-state index in [-0.39, 0.29) is 11.4 Å². The Morgan fingerprint density at radius 3 is 1.98 bits per heavy atom. The van der Waals surface area contributed by atoms with Crippen LogP contribution in [0, 0.1) is 20.8 Å². The van der Waals surface area contributed by atoms with Crippen LogP contribution in [0.2, 0.25) is 0 Å². The molecule has 0 aliphatic carbocycles. The predicted molar refractivity (Wildman–Crippen MR) is 159 cm³/mol. The third-order valence-electron chi connectivity index (χ3n) is 6.86. The van der Waals surface area contributed by atoms with Crippen molar-refractivity contribution in [3.05, 3.63) is 118 Å². The second-order valence-electron chi connectivity index (χ2n) is 9.92. The van der Waals surface area contributed by atoms with Crippen LogP contribution in [0.1, 0.15) is 33.4 Å². The van der Waals surface area contributed by atoms with Gasteiger partial charge in [-0.05, 0) is 79.3 Å². The van der Waals surface area contributed by atoms with Crippen LogP contribution in [0.15, 0.2) is 89.8 Å². The van der Waals surface area contributed by atoms with Crippen molar-refractivity contribution in [2.75, 3.05) is 20.8 Å². The van der Waals surface area contributed by atoms with E-state index < -0.39 is 10.0 Å². The standard InChI is InChI=1S/C33H37NO5S/c1-24-11-14-30(15-12-24)40(35,36)34(22-29-13-16-31(37-4)32(21-29)38-5)18-17-28-19-25(2)33(26(3)20-28)39-23-27-9-7-6-8-10-27/h6-16,19-21H,17-18,22-23H2,1-5H3. The van der Waals surface area contributed by atoms with Gasteiger partial charge in [-0.25, -0.2) is 8.42 Å². The zero-order valence-corrected chi connectivity index (χ0v) is 24.6. The molecular formula is C33H37NO5S. The zero-order chi connectivity index (χ0) is 28.7. The fourth-order valence-electron chi connectivity index (χ4n) is 4.72. The molecule has 40 heavy (non-hydrogen) atoms. The van der Waals surface area contributed by atoms with Crippen molar-refractivity contribution in [3.8, 4) is 17.2 Å². The van der Waals surface area contributed by atoms with Crippen molar-refractivity contribution in [3.63, 3.8) is 0 Å². The number of hydrogen-bond donors (Lipinski definition) is 0. The summed E-state index contributed by atoms with van der Waals surface area (Å²) in [6.45, 7) is 7.01. The van der Waals surface area contributed by atoms with E-state index in [9.17, 15) is 8.42 Å². The minimum absolute atomic E-state index is 0.201. The highest BCUT2D eigenvalue weighted by molar-refractivity contribution is 7.89. The maximum atomic E-state index is 13.8. The van der Waals surface area contributed by atoms with Gasteiger partial charge in [0, 0.05) is 13.1 Å². The van der Waals surface area contributed by atoms with Gasteiger partial charge in [0.05, 0.1) is 19.1 Å². The summed E-state index contributed by atoms with van der Waals surface area (Å²) in [5, 5.41) is 0. The van der Waals surface area contributed by atoms with Crippen molar-refractivity contribution >= 4 is 10.0 Å². The number of nitrogens with zero attached hydrogens (tertiary/aromatic N) is 1. The van der Waals surface area contributed by atoms with E-state index in [4.69, 9.17) is 14.2 Å². The van der Waals surface area contributed by atoms with Gasteiger partial charge in [0.1, 0.15) is 12.4 Å². The monoisotopic (exact) mass is 559 g/mol. The van der Waals surface area contributed by atoms with Gasteiger partial charge in [-0.2, -0.15) is 4.31 Å². The molecule has 0 fully saturated rings. The Bertz CT molecular complexity index is 1510. The van der Waals surface area contributed by atoms with E-state index >= 15 is 0 Å². The Kier molecular flexibility index (Phi) is 9.50. The summed E-state index contributed by atoms with van der Waals surface area (Å²) in [6.07, 6.45) is 0.555. The zero-order valence-electron chi connectivity index (χ0n) is 23.8. The molecule has 4 aromatic rings. The van der Waals surface area contributed by atoms with Crippen LogP contribution in [0.4, 0.5) is 0 Å². The number of rotatable bonds is 12. The van der Waals surface area contributed by atoms with Crippen LogP contribution in [-0.4, -0.2) is 33.5 Å². The maximum absolute atomic E-state index is 13.8. The molecule has 210 valence electrons. The molecule has 4 aromatic carbocycles. The first-order valence-corrected chi connectivity index (χ1v) is 14.7. The first kappa shape index (κ1) is 29.2. The Hall–Kier alpha value is -3.81. The van der Waals surface area contributed by atoms with Crippen molar-refractivity contribution in [1.82, 2.24) is 4.31 Å². The quantitative estimate of drug-likeness (QED) is 0.195. The Morgan fingerprint density at radius 2 is 1.35 bits per heavy atom. The van der Waals surface area contributed by atoms with Crippen LogP contribution in [0.3, 0.4) is 0 Å². The number of hydrogen-bond acceptors (Lipinski definition) is 5. The largest absolute Gasteiger partial charge is 0.493 e. The maximum Gasteiger partial charge on any atom is 0.243 e. The molecule has 0 N–H and O–H groups in total. The smallest absolute Gasteiger partial charge is 0.243 e. The fraction of sp³-hybridized carbons (Fsp3) is 0.273. The second-order valence-corrected chi connectivity index (χ2v) is 11.9. The topological polar surface area (TPSA) is 65.1 Å². The van der Waals surface area contributed by atoms with Gasteiger partial charge in [0.25, 0.3) is 0 Å². The van der Waals surface area contributed by atoms with Crippen LogP contribution in [0.5, 0.6) is 17.2 Å². The first-order valence-electron chi connectivity index (χ1n) is 13.3. The van der Waals surface area contributed by atoms with Gasteiger partial charge in [-0.3, -0.25) is 0 Å². The molecule has 0 aliphatic heterocycles. The summed E-state index contributed by atoms with van der Waals surface area (Å²) < 4.78 is 46.1. The number of benzene rings is 4. The van der Waals surface area contributed by atoms with Gasteiger partial charge in [0.15, 0.2) is 11.5 Å². The fourth-order valence-corrected chi connectivity index (χ4v) is 6.15. The van der Waals surface area contributed by atoms with Gasteiger partial charge in [-0.1, -0.05) is 66.2 Å². The number of aryl methyl sites for hydroxylation is 3. The summed E-state index contributed by atoms with van der Waals surface area (Å²) in [4.78, 5) is 0.274. The van der Waals surface area contributed by atoms with Crippen LogP contribution in [0.25, 0.3) is 0 Å². The van der Waals surface area contributed by atoms with E-state index in [0.29, 0.717) is 31.1 Å². The molecule has 0 aromatic heterocycles. The lowest BCUT2D eigenvalue weighted by Gasteiger charge is -2.23. The molecule has 0 saturated heterocycles. The summed E-state index contributed by atoms with van der Waals surface area (Å²) in [6, 6.07) is 26.7. The second kappa shape index (κ2) is 13.0. The highest BCUT2D eigenvalue weighted by Crippen LogP contribution is 2.30. The highest BCUT2D eigenvalue weighted by Gasteiger charge is 2.25. The van der Waals surface area contributed by atoms with E-state index in [1.165, 1.54) is 4.31 Å². The van der Waals surface area contributed by atoms with E-state index in [0.717, 1.165) is 39.1 Å². The van der Waals surface area contributed by atoms with Gasteiger partial charge in [-0.15, -0.1) is 0 Å². The first-order chi connectivity index (χ1) is 19.2.